The first-order valence-electron chi connectivity index (χ1n) is 8.14. The van der Waals surface area contributed by atoms with Gasteiger partial charge in [0, 0.05) is 27.4 Å². The van der Waals surface area contributed by atoms with Gasteiger partial charge in [-0.1, -0.05) is 33.8 Å². The Hall–Kier alpha value is -2.08. The van der Waals surface area contributed by atoms with E-state index in [1.807, 2.05) is 42.6 Å². The number of benzene rings is 1. The molecule has 2 heterocycles. The number of hydrogen-bond donors (Lipinski definition) is 2. The second-order valence-corrected chi connectivity index (χ2v) is 8.79. The van der Waals surface area contributed by atoms with Crippen molar-refractivity contribution >= 4 is 56.5 Å². The number of hydrogen-bond acceptors (Lipinski definition) is 5. The van der Waals surface area contributed by atoms with Gasteiger partial charge in [0.15, 0.2) is 0 Å². The van der Waals surface area contributed by atoms with Crippen LogP contribution in [0.15, 0.2) is 50.8 Å². The number of aryl methyl sites for hydroxylation is 1. The monoisotopic (exact) mass is 461 g/mol. The van der Waals surface area contributed by atoms with Crippen molar-refractivity contribution in [1.29, 1.82) is 5.26 Å². The van der Waals surface area contributed by atoms with Crippen LogP contribution in [0.2, 0.25) is 0 Å². The van der Waals surface area contributed by atoms with E-state index in [1.54, 1.807) is 0 Å². The molecule has 2 aromatic rings. The van der Waals surface area contributed by atoms with Crippen molar-refractivity contribution in [1.82, 2.24) is 5.32 Å². The van der Waals surface area contributed by atoms with Crippen LogP contribution in [0.4, 0.5) is 5.69 Å². The summed E-state index contributed by atoms with van der Waals surface area (Å²) in [7, 11) is 0. The van der Waals surface area contributed by atoms with Gasteiger partial charge in [-0.15, -0.1) is 11.3 Å². The third-order valence-electron chi connectivity index (χ3n) is 4.03. The van der Waals surface area contributed by atoms with Crippen LogP contribution in [0.5, 0.6) is 0 Å². The number of amides is 2. The van der Waals surface area contributed by atoms with Crippen molar-refractivity contribution < 1.29 is 9.59 Å². The fraction of sp³-hybridized carbons (Fsp3) is 0.211. The first-order valence-corrected chi connectivity index (χ1v) is 10.8. The number of nitrogens with zero attached hydrogens (tertiary/aromatic N) is 1. The Morgan fingerprint density at radius 1 is 1.48 bits per heavy atom. The molecule has 1 aromatic heterocycles. The van der Waals surface area contributed by atoms with Gasteiger partial charge in [0.2, 0.25) is 11.8 Å². The molecule has 0 spiro atoms. The Bertz CT molecular complexity index is 948. The Kier molecular flexibility index (Phi) is 6.37. The van der Waals surface area contributed by atoms with Crippen molar-refractivity contribution in [2.45, 2.75) is 19.3 Å². The average molecular weight is 462 g/mol. The number of thiophene rings is 1. The lowest BCUT2D eigenvalue weighted by Crippen LogP contribution is -2.31. The lowest BCUT2D eigenvalue weighted by atomic mass is 9.93. The third kappa shape index (κ3) is 4.80. The van der Waals surface area contributed by atoms with Crippen molar-refractivity contribution in [3.8, 4) is 6.07 Å². The van der Waals surface area contributed by atoms with E-state index in [2.05, 4.69) is 32.6 Å². The van der Waals surface area contributed by atoms with E-state index in [0.29, 0.717) is 16.3 Å². The largest absolute Gasteiger partial charge is 0.325 e. The van der Waals surface area contributed by atoms with E-state index in [0.717, 1.165) is 14.9 Å². The van der Waals surface area contributed by atoms with Gasteiger partial charge < -0.3 is 10.6 Å². The zero-order valence-corrected chi connectivity index (χ0v) is 17.6. The molecule has 8 heteroatoms. The second-order valence-electron chi connectivity index (χ2n) is 5.98. The Labute approximate surface area is 174 Å². The molecule has 1 aliphatic heterocycles. The van der Waals surface area contributed by atoms with Crippen LogP contribution >= 0.6 is 39.0 Å². The summed E-state index contributed by atoms with van der Waals surface area (Å²) in [6.07, 6.45) is 0.248. The van der Waals surface area contributed by atoms with E-state index in [9.17, 15) is 14.9 Å². The van der Waals surface area contributed by atoms with Gasteiger partial charge in [0.1, 0.15) is 0 Å². The third-order valence-corrected chi connectivity index (χ3v) is 6.92. The van der Waals surface area contributed by atoms with E-state index in [-0.39, 0.29) is 29.9 Å². The van der Waals surface area contributed by atoms with Crippen LogP contribution in [-0.4, -0.2) is 17.6 Å². The Morgan fingerprint density at radius 3 is 2.96 bits per heavy atom. The van der Waals surface area contributed by atoms with Crippen LogP contribution in [0, 0.1) is 18.3 Å². The normalized spacial score (nSPS) is 16.6. The van der Waals surface area contributed by atoms with Crippen LogP contribution in [0.25, 0.3) is 0 Å². The number of thioether (sulfide) groups is 1. The van der Waals surface area contributed by atoms with Gasteiger partial charge in [-0.2, -0.15) is 5.26 Å². The zero-order valence-electron chi connectivity index (χ0n) is 14.4. The average Bonchev–Trinajstić information content (AvgIpc) is 3.17. The van der Waals surface area contributed by atoms with Crippen LogP contribution in [0.1, 0.15) is 22.8 Å². The summed E-state index contributed by atoms with van der Waals surface area (Å²) in [5.41, 5.74) is 2.24. The summed E-state index contributed by atoms with van der Waals surface area (Å²) < 4.78 is 0.975. The summed E-state index contributed by atoms with van der Waals surface area (Å²) in [4.78, 5) is 25.3. The highest BCUT2D eigenvalue weighted by atomic mass is 79.9. The standard InChI is InChI=1S/C19H16BrN3O2S2/c1-11-7-12(4-5-15(11)20)22-18(25)10-27-19-14(9-21)13(8-17(24)23-19)16-3-2-6-26-16/h2-7,13H,8,10H2,1H3,(H,22,25)(H,23,24)/t13-/m1/s1. The number of carbonyl (C=O) groups excluding carboxylic acids is 2. The second kappa shape index (κ2) is 8.74. The number of nitrogens with one attached hydrogen (secondary N) is 2. The van der Waals surface area contributed by atoms with E-state index < -0.39 is 0 Å². The molecule has 2 N–H and O–H groups in total. The fourth-order valence-corrected chi connectivity index (χ4v) is 4.68. The highest BCUT2D eigenvalue weighted by molar-refractivity contribution is 9.10. The van der Waals surface area contributed by atoms with Crippen molar-refractivity contribution in [2.24, 2.45) is 0 Å². The van der Waals surface area contributed by atoms with E-state index in [4.69, 9.17) is 0 Å². The SMILES string of the molecule is Cc1cc(NC(=O)CSC2=C(C#N)[C@H](c3cccs3)CC(=O)N2)ccc1Br. The van der Waals surface area contributed by atoms with Crippen molar-refractivity contribution in [3.63, 3.8) is 0 Å². The van der Waals surface area contributed by atoms with Gasteiger partial charge in [-0.05, 0) is 42.1 Å². The zero-order chi connectivity index (χ0) is 19.4. The smallest absolute Gasteiger partial charge is 0.234 e. The molecule has 0 bridgehead atoms. The fourth-order valence-electron chi connectivity index (χ4n) is 2.72. The quantitative estimate of drug-likeness (QED) is 0.684. The van der Waals surface area contributed by atoms with E-state index in [1.165, 1.54) is 23.1 Å². The summed E-state index contributed by atoms with van der Waals surface area (Å²) in [5, 5.41) is 17.6. The van der Waals surface area contributed by atoms with Crippen LogP contribution in [-0.2, 0) is 9.59 Å². The number of halogens is 1. The number of anilines is 1. The van der Waals surface area contributed by atoms with Crippen molar-refractivity contribution in [2.75, 3.05) is 11.1 Å². The van der Waals surface area contributed by atoms with Crippen LogP contribution in [0.3, 0.4) is 0 Å². The maximum atomic E-state index is 12.3. The minimum atomic E-state index is -0.247. The molecule has 0 radical (unpaired) electrons. The molecular formula is C19H16BrN3O2S2. The lowest BCUT2D eigenvalue weighted by molar-refractivity contribution is -0.121. The molecule has 0 fully saturated rings. The topological polar surface area (TPSA) is 82.0 Å². The first-order chi connectivity index (χ1) is 13.0. The van der Waals surface area contributed by atoms with Gasteiger partial charge in [-0.25, -0.2) is 0 Å². The molecule has 0 unspecified atom stereocenters. The molecule has 1 aliphatic rings. The summed E-state index contributed by atoms with van der Waals surface area (Å²) in [6.45, 7) is 1.95. The molecule has 3 rings (SSSR count). The molecule has 1 aromatic carbocycles. The van der Waals surface area contributed by atoms with E-state index >= 15 is 0 Å². The van der Waals surface area contributed by atoms with Crippen LogP contribution < -0.4 is 10.6 Å². The number of carbonyl (C=O) groups is 2. The number of nitriles is 1. The Balaban J connectivity index is 1.71. The molecule has 138 valence electrons. The predicted molar refractivity (Wildman–Crippen MR) is 112 cm³/mol. The molecule has 0 saturated heterocycles. The van der Waals surface area contributed by atoms with Gasteiger partial charge in [0.05, 0.1) is 22.4 Å². The minimum Gasteiger partial charge on any atom is -0.325 e. The molecule has 1 atom stereocenters. The number of rotatable bonds is 5. The number of allylic oxidation sites excluding steroid dienone is 1. The summed E-state index contributed by atoms with van der Waals surface area (Å²) in [6, 6.07) is 11.6. The summed E-state index contributed by atoms with van der Waals surface area (Å²) in [5.74, 6) is -0.478. The highest BCUT2D eigenvalue weighted by Crippen LogP contribution is 2.37. The molecule has 2 amide bonds. The van der Waals surface area contributed by atoms with Crippen molar-refractivity contribution in [3.05, 3.63) is 61.2 Å². The molecular weight excluding hydrogens is 446 g/mol. The van der Waals surface area contributed by atoms with Gasteiger partial charge in [-0.3, -0.25) is 9.59 Å². The molecule has 0 saturated carbocycles. The van der Waals surface area contributed by atoms with Gasteiger partial charge >= 0.3 is 0 Å². The first kappa shape index (κ1) is 19.7. The van der Waals surface area contributed by atoms with Gasteiger partial charge in [0.25, 0.3) is 0 Å². The highest BCUT2D eigenvalue weighted by Gasteiger charge is 2.30. The Morgan fingerprint density at radius 2 is 2.30 bits per heavy atom. The maximum Gasteiger partial charge on any atom is 0.234 e. The minimum absolute atomic E-state index is 0.104. The molecule has 0 aliphatic carbocycles. The summed E-state index contributed by atoms with van der Waals surface area (Å²) >= 11 is 6.13. The predicted octanol–water partition coefficient (Wildman–Crippen LogP) is 4.53. The lowest BCUT2D eigenvalue weighted by Gasteiger charge is -2.23. The molecule has 27 heavy (non-hydrogen) atoms. The maximum absolute atomic E-state index is 12.3. The molecule has 5 nitrogen and oxygen atoms in total.